The number of hydrogen-bond donors (Lipinski definition) is 1. The van der Waals surface area contributed by atoms with Crippen molar-refractivity contribution in [2.45, 2.75) is 18.7 Å². The molecule has 0 saturated carbocycles. The van der Waals surface area contributed by atoms with Crippen molar-refractivity contribution < 1.29 is 18.3 Å². The SMILES string of the molecule is CSCCN(C)S(=O)(=O)c1cc(C(=O)O)c(C)cc1C. The Hall–Kier alpha value is -1.05. The molecule has 0 unspecified atom stereocenters. The molecular weight excluding hydrogens is 298 g/mol. The lowest BCUT2D eigenvalue weighted by Crippen LogP contribution is -2.30. The summed E-state index contributed by atoms with van der Waals surface area (Å²) < 4.78 is 26.2. The molecule has 112 valence electrons. The fraction of sp³-hybridized carbons (Fsp3) is 0.462. The topological polar surface area (TPSA) is 74.7 Å². The number of sulfonamides is 1. The molecule has 0 aliphatic rings. The van der Waals surface area contributed by atoms with Gasteiger partial charge in [-0.05, 0) is 37.3 Å². The molecule has 0 saturated heterocycles. The molecule has 0 aromatic heterocycles. The van der Waals surface area contributed by atoms with Crippen LogP contribution in [0, 0.1) is 13.8 Å². The summed E-state index contributed by atoms with van der Waals surface area (Å²) in [7, 11) is -2.15. The molecular formula is C13H19NO4S2. The highest BCUT2D eigenvalue weighted by Crippen LogP contribution is 2.23. The summed E-state index contributed by atoms with van der Waals surface area (Å²) in [5.41, 5.74) is 1.14. The molecule has 5 nitrogen and oxygen atoms in total. The molecule has 1 aromatic carbocycles. The van der Waals surface area contributed by atoms with Gasteiger partial charge in [0.2, 0.25) is 10.0 Å². The predicted octanol–water partition coefficient (Wildman–Crippen LogP) is 1.99. The van der Waals surface area contributed by atoms with E-state index in [2.05, 4.69) is 0 Å². The number of rotatable bonds is 6. The Balaban J connectivity index is 3.31. The smallest absolute Gasteiger partial charge is 0.335 e. The monoisotopic (exact) mass is 317 g/mol. The van der Waals surface area contributed by atoms with Crippen LogP contribution in [0.5, 0.6) is 0 Å². The van der Waals surface area contributed by atoms with Gasteiger partial charge in [0.25, 0.3) is 0 Å². The van der Waals surface area contributed by atoms with Gasteiger partial charge in [0.15, 0.2) is 0 Å². The standard InChI is InChI=1S/C13H19NO4S2/c1-9-7-10(2)12(8-11(9)13(15)16)20(17,18)14(3)5-6-19-4/h7-8H,5-6H2,1-4H3,(H,15,16). The number of carbonyl (C=O) groups is 1. The number of hydrogen-bond acceptors (Lipinski definition) is 4. The average molecular weight is 317 g/mol. The third-order valence-electron chi connectivity index (χ3n) is 3.05. The molecule has 0 spiro atoms. The number of carboxylic acids is 1. The van der Waals surface area contributed by atoms with Crippen LogP contribution in [-0.2, 0) is 10.0 Å². The fourth-order valence-electron chi connectivity index (χ4n) is 1.85. The summed E-state index contributed by atoms with van der Waals surface area (Å²) in [6, 6.07) is 2.84. The lowest BCUT2D eigenvalue weighted by atomic mass is 10.1. The summed E-state index contributed by atoms with van der Waals surface area (Å²) in [4.78, 5) is 11.2. The highest BCUT2D eigenvalue weighted by atomic mass is 32.2. The minimum atomic E-state index is -3.66. The quantitative estimate of drug-likeness (QED) is 0.868. The Morgan fingerprint density at radius 2 is 1.90 bits per heavy atom. The zero-order valence-electron chi connectivity index (χ0n) is 12.0. The molecule has 1 rings (SSSR count). The van der Waals surface area contributed by atoms with E-state index in [1.54, 1.807) is 31.7 Å². The first-order valence-electron chi connectivity index (χ1n) is 6.01. The van der Waals surface area contributed by atoms with Gasteiger partial charge in [-0.1, -0.05) is 6.07 Å². The van der Waals surface area contributed by atoms with Crippen molar-refractivity contribution in [1.29, 1.82) is 0 Å². The summed E-state index contributed by atoms with van der Waals surface area (Å²) >= 11 is 1.56. The maximum absolute atomic E-state index is 12.5. The molecule has 0 amide bonds. The van der Waals surface area contributed by atoms with E-state index < -0.39 is 16.0 Å². The fourth-order valence-corrected chi connectivity index (χ4v) is 3.82. The first kappa shape index (κ1) is 17.0. The number of benzene rings is 1. The molecule has 0 aliphatic heterocycles. The minimum Gasteiger partial charge on any atom is -0.478 e. The number of carboxylic acid groups (broad SMARTS) is 1. The highest BCUT2D eigenvalue weighted by molar-refractivity contribution is 7.98. The zero-order valence-corrected chi connectivity index (χ0v) is 13.6. The van der Waals surface area contributed by atoms with E-state index in [1.807, 2.05) is 6.26 Å². The number of aromatic carboxylic acids is 1. The van der Waals surface area contributed by atoms with Crippen molar-refractivity contribution in [1.82, 2.24) is 4.31 Å². The molecule has 0 radical (unpaired) electrons. The van der Waals surface area contributed by atoms with E-state index in [0.717, 1.165) is 0 Å². The van der Waals surface area contributed by atoms with Crippen molar-refractivity contribution in [3.63, 3.8) is 0 Å². The Morgan fingerprint density at radius 1 is 1.30 bits per heavy atom. The number of thioether (sulfide) groups is 1. The van der Waals surface area contributed by atoms with Crippen molar-refractivity contribution >= 4 is 27.8 Å². The van der Waals surface area contributed by atoms with Gasteiger partial charge in [-0.25, -0.2) is 17.5 Å². The second-order valence-corrected chi connectivity index (χ2v) is 7.56. The second-order valence-electron chi connectivity index (χ2n) is 4.56. The van der Waals surface area contributed by atoms with Gasteiger partial charge in [0.1, 0.15) is 0 Å². The van der Waals surface area contributed by atoms with E-state index in [-0.39, 0.29) is 10.5 Å². The maximum Gasteiger partial charge on any atom is 0.335 e. The van der Waals surface area contributed by atoms with Gasteiger partial charge in [-0.15, -0.1) is 0 Å². The number of aryl methyl sites for hydroxylation is 2. The molecule has 0 fully saturated rings. The minimum absolute atomic E-state index is 0.0208. The summed E-state index contributed by atoms with van der Waals surface area (Å²) in [6.07, 6.45) is 1.90. The maximum atomic E-state index is 12.5. The van der Waals surface area contributed by atoms with Gasteiger partial charge in [-0.2, -0.15) is 11.8 Å². The van der Waals surface area contributed by atoms with Crippen LogP contribution in [0.4, 0.5) is 0 Å². The van der Waals surface area contributed by atoms with Crippen LogP contribution in [0.25, 0.3) is 0 Å². The summed E-state index contributed by atoms with van der Waals surface area (Å²) in [5, 5.41) is 9.11. The van der Waals surface area contributed by atoms with E-state index in [4.69, 9.17) is 5.11 Å². The molecule has 1 aromatic rings. The third kappa shape index (κ3) is 3.53. The van der Waals surface area contributed by atoms with E-state index in [9.17, 15) is 13.2 Å². The average Bonchev–Trinajstić information content (AvgIpc) is 2.34. The van der Waals surface area contributed by atoms with Crippen LogP contribution in [0.2, 0.25) is 0 Å². The van der Waals surface area contributed by atoms with Crippen molar-refractivity contribution in [2.75, 3.05) is 25.6 Å². The van der Waals surface area contributed by atoms with E-state index >= 15 is 0 Å². The van der Waals surface area contributed by atoms with E-state index in [0.29, 0.717) is 23.4 Å². The first-order chi connectivity index (χ1) is 9.21. The van der Waals surface area contributed by atoms with E-state index in [1.165, 1.54) is 17.4 Å². The molecule has 7 heteroatoms. The van der Waals surface area contributed by atoms with Crippen LogP contribution in [-0.4, -0.2) is 49.4 Å². The van der Waals surface area contributed by atoms with Gasteiger partial charge in [0, 0.05) is 19.3 Å². The molecule has 0 bridgehead atoms. The Labute approximate surface area is 124 Å². The normalized spacial score (nSPS) is 11.8. The molecule has 1 N–H and O–H groups in total. The summed E-state index contributed by atoms with van der Waals surface area (Å²) in [5.74, 6) is -0.433. The zero-order chi connectivity index (χ0) is 15.5. The van der Waals surface area contributed by atoms with Gasteiger partial charge in [-0.3, -0.25) is 0 Å². The van der Waals surface area contributed by atoms with Crippen molar-refractivity contribution in [3.05, 3.63) is 28.8 Å². The summed E-state index contributed by atoms with van der Waals surface area (Å²) in [6.45, 7) is 3.72. The largest absolute Gasteiger partial charge is 0.478 e. The second kappa shape index (κ2) is 6.60. The molecule has 0 atom stereocenters. The van der Waals surface area contributed by atoms with Crippen molar-refractivity contribution in [2.24, 2.45) is 0 Å². The molecule has 0 heterocycles. The highest BCUT2D eigenvalue weighted by Gasteiger charge is 2.24. The van der Waals surface area contributed by atoms with Gasteiger partial charge >= 0.3 is 5.97 Å². The first-order valence-corrected chi connectivity index (χ1v) is 8.85. The number of nitrogens with zero attached hydrogens (tertiary/aromatic N) is 1. The lowest BCUT2D eigenvalue weighted by molar-refractivity contribution is 0.0696. The Kier molecular flexibility index (Phi) is 5.61. The molecule has 0 aliphatic carbocycles. The Morgan fingerprint density at radius 3 is 2.40 bits per heavy atom. The van der Waals surface area contributed by atoms with Gasteiger partial charge < -0.3 is 5.11 Å². The van der Waals surface area contributed by atoms with Crippen LogP contribution >= 0.6 is 11.8 Å². The van der Waals surface area contributed by atoms with Gasteiger partial charge in [0.05, 0.1) is 10.5 Å². The van der Waals surface area contributed by atoms with Crippen LogP contribution in [0.15, 0.2) is 17.0 Å². The van der Waals surface area contributed by atoms with Crippen LogP contribution < -0.4 is 0 Å². The van der Waals surface area contributed by atoms with Crippen LogP contribution in [0.3, 0.4) is 0 Å². The predicted molar refractivity (Wildman–Crippen MR) is 81.1 cm³/mol. The third-order valence-corrected chi connectivity index (χ3v) is 5.64. The van der Waals surface area contributed by atoms with Crippen molar-refractivity contribution in [3.8, 4) is 0 Å². The lowest BCUT2D eigenvalue weighted by Gasteiger charge is -2.19. The molecule has 20 heavy (non-hydrogen) atoms. The van der Waals surface area contributed by atoms with Crippen LogP contribution in [0.1, 0.15) is 21.5 Å². The Bertz CT molecular complexity index is 611.